The van der Waals surface area contributed by atoms with Crippen LogP contribution in [0.25, 0.3) is 23.4 Å². The van der Waals surface area contributed by atoms with Crippen molar-refractivity contribution in [3.05, 3.63) is 59.4 Å². The smallest absolute Gasteiger partial charge is 0.141 e. The summed E-state index contributed by atoms with van der Waals surface area (Å²) in [4.78, 5) is 0. The maximum absolute atomic E-state index is 13.0. The van der Waals surface area contributed by atoms with Crippen LogP contribution < -0.4 is 0 Å². The molecule has 0 N–H and O–H groups in total. The lowest BCUT2D eigenvalue weighted by molar-refractivity contribution is 0.399. The van der Waals surface area contributed by atoms with Crippen molar-refractivity contribution in [3.63, 3.8) is 0 Å². The van der Waals surface area contributed by atoms with Gasteiger partial charge in [-0.25, -0.2) is 4.39 Å². The van der Waals surface area contributed by atoms with E-state index in [1.807, 2.05) is 38.4 Å². The highest BCUT2D eigenvalue weighted by molar-refractivity contribution is 5.78. The predicted molar refractivity (Wildman–Crippen MR) is 78.8 cm³/mol. The van der Waals surface area contributed by atoms with Crippen molar-refractivity contribution < 1.29 is 8.91 Å². The number of aromatic nitrogens is 3. The van der Waals surface area contributed by atoms with Crippen LogP contribution >= 0.6 is 0 Å². The molecule has 21 heavy (non-hydrogen) atoms. The zero-order chi connectivity index (χ0) is 14.8. The topological polar surface area (TPSA) is 43.9 Å². The third-order valence-electron chi connectivity index (χ3n) is 3.18. The molecule has 0 amide bonds. The van der Waals surface area contributed by atoms with Crippen molar-refractivity contribution >= 4 is 12.2 Å². The highest BCUT2D eigenvalue weighted by atomic mass is 19.1. The number of aryl methyl sites for hydroxylation is 2. The van der Waals surface area contributed by atoms with Gasteiger partial charge in [0.2, 0.25) is 0 Å². The van der Waals surface area contributed by atoms with Gasteiger partial charge in [-0.05, 0) is 49.4 Å². The zero-order valence-electron chi connectivity index (χ0n) is 11.7. The minimum atomic E-state index is -0.274. The molecule has 3 aromatic rings. The van der Waals surface area contributed by atoms with E-state index in [4.69, 9.17) is 4.52 Å². The fraction of sp³-hybridized carbons (Fsp3) is 0.125. The van der Waals surface area contributed by atoms with Gasteiger partial charge in [-0.15, -0.1) is 0 Å². The SMILES string of the molecule is Cc1onc(-c2ccc(F)cc2)c1/C=C\c1ccn(C)n1. The van der Waals surface area contributed by atoms with Gasteiger partial charge in [-0.2, -0.15) is 5.10 Å². The minimum Gasteiger partial charge on any atom is -0.360 e. The van der Waals surface area contributed by atoms with E-state index in [9.17, 15) is 4.39 Å². The summed E-state index contributed by atoms with van der Waals surface area (Å²) < 4.78 is 20.0. The Morgan fingerprint density at radius 3 is 2.57 bits per heavy atom. The van der Waals surface area contributed by atoms with Crippen molar-refractivity contribution in [2.45, 2.75) is 6.92 Å². The Labute approximate surface area is 121 Å². The molecule has 0 fully saturated rings. The number of rotatable bonds is 3. The number of hydrogen-bond acceptors (Lipinski definition) is 3. The summed E-state index contributed by atoms with van der Waals surface area (Å²) >= 11 is 0. The van der Waals surface area contributed by atoms with Crippen LogP contribution in [0.3, 0.4) is 0 Å². The van der Waals surface area contributed by atoms with E-state index in [0.29, 0.717) is 11.5 Å². The van der Waals surface area contributed by atoms with Crippen LogP contribution in [0.15, 0.2) is 41.1 Å². The first kappa shape index (κ1) is 13.3. The highest BCUT2D eigenvalue weighted by Crippen LogP contribution is 2.27. The lowest BCUT2D eigenvalue weighted by atomic mass is 10.1. The summed E-state index contributed by atoms with van der Waals surface area (Å²) in [6.07, 6.45) is 5.68. The summed E-state index contributed by atoms with van der Waals surface area (Å²) in [6.45, 7) is 1.85. The minimum absolute atomic E-state index is 0.274. The molecule has 2 heterocycles. The number of benzene rings is 1. The van der Waals surface area contributed by atoms with Gasteiger partial charge < -0.3 is 4.52 Å². The van der Waals surface area contributed by atoms with Gasteiger partial charge in [0.1, 0.15) is 17.3 Å². The summed E-state index contributed by atoms with van der Waals surface area (Å²) in [6, 6.07) is 8.10. The summed E-state index contributed by atoms with van der Waals surface area (Å²) in [5, 5.41) is 8.34. The van der Waals surface area contributed by atoms with Gasteiger partial charge in [0.15, 0.2) is 0 Å². The van der Waals surface area contributed by atoms with Crippen molar-refractivity contribution in [3.8, 4) is 11.3 Å². The second kappa shape index (κ2) is 5.36. The Balaban J connectivity index is 1.97. The number of halogens is 1. The first-order valence-corrected chi connectivity index (χ1v) is 6.53. The molecule has 5 heteroatoms. The second-order valence-corrected chi connectivity index (χ2v) is 4.76. The fourth-order valence-electron chi connectivity index (χ4n) is 2.08. The van der Waals surface area contributed by atoms with E-state index in [-0.39, 0.29) is 5.82 Å². The standard InChI is InChI=1S/C16H14FN3O/c1-11-15(8-7-14-9-10-20(2)18-14)16(19-21-11)12-3-5-13(17)6-4-12/h3-10H,1-2H3/b8-7-. The normalized spacial score (nSPS) is 11.4. The Morgan fingerprint density at radius 1 is 1.14 bits per heavy atom. The first-order valence-electron chi connectivity index (χ1n) is 6.53. The Kier molecular flexibility index (Phi) is 3.39. The van der Waals surface area contributed by atoms with Crippen molar-refractivity contribution in [1.82, 2.24) is 14.9 Å². The molecule has 0 radical (unpaired) electrons. The van der Waals surface area contributed by atoms with Crippen LogP contribution in [-0.2, 0) is 7.05 Å². The molecule has 0 aliphatic rings. The third-order valence-corrected chi connectivity index (χ3v) is 3.18. The van der Waals surface area contributed by atoms with E-state index in [1.165, 1.54) is 12.1 Å². The van der Waals surface area contributed by atoms with E-state index in [2.05, 4.69) is 10.3 Å². The van der Waals surface area contributed by atoms with Crippen LogP contribution in [0.2, 0.25) is 0 Å². The van der Waals surface area contributed by atoms with E-state index < -0.39 is 0 Å². The second-order valence-electron chi connectivity index (χ2n) is 4.76. The van der Waals surface area contributed by atoms with Gasteiger partial charge >= 0.3 is 0 Å². The quantitative estimate of drug-likeness (QED) is 0.736. The average molecular weight is 283 g/mol. The van der Waals surface area contributed by atoms with E-state index in [1.54, 1.807) is 16.8 Å². The molecule has 0 aliphatic carbocycles. The lowest BCUT2D eigenvalue weighted by Gasteiger charge is -1.98. The molecule has 0 saturated carbocycles. The lowest BCUT2D eigenvalue weighted by Crippen LogP contribution is -1.87. The molecule has 0 unspecified atom stereocenters. The Bertz CT molecular complexity index is 784. The van der Waals surface area contributed by atoms with Crippen molar-refractivity contribution in [2.24, 2.45) is 7.05 Å². The largest absolute Gasteiger partial charge is 0.360 e. The summed E-state index contributed by atoms with van der Waals surface area (Å²) in [5.41, 5.74) is 3.23. The molecule has 0 spiro atoms. The molecule has 0 atom stereocenters. The molecule has 106 valence electrons. The molecule has 3 rings (SSSR count). The Morgan fingerprint density at radius 2 is 1.90 bits per heavy atom. The molecule has 0 aliphatic heterocycles. The van der Waals surface area contributed by atoms with Crippen LogP contribution in [0, 0.1) is 12.7 Å². The van der Waals surface area contributed by atoms with Crippen LogP contribution in [0.1, 0.15) is 17.0 Å². The monoisotopic (exact) mass is 283 g/mol. The Hall–Kier alpha value is -2.69. The summed E-state index contributed by atoms with van der Waals surface area (Å²) in [7, 11) is 1.87. The van der Waals surface area contributed by atoms with Gasteiger partial charge in [-0.3, -0.25) is 4.68 Å². The molecule has 0 saturated heterocycles. The molecule has 1 aromatic carbocycles. The van der Waals surface area contributed by atoms with Gasteiger partial charge in [0, 0.05) is 24.4 Å². The van der Waals surface area contributed by atoms with Gasteiger partial charge in [-0.1, -0.05) is 5.16 Å². The van der Waals surface area contributed by atoms with Crippen LogP contribution in [0.4, 0.5) is 4.39 Å². The van der Waals surface area contributed by atoms with Gasteiger partial charge in [0.05, 0.1) is 5.69 Å². The molecule has 2 aromatic heterocycles. The maximum atomic E-state index is 13.0. The first-order chi connectivity index (χ1) is 10.1. The highest BCUT2D eigenvalue weighted by Gasteiger charge is 2.12. The predicted octanol–water partition coefficient (Wildman–Crippen LogP) is 3.69. The van der Waals surface area contributed by atoms with E-state index in [0.717, 1.165) is 16.8 Å². The van der Waals surface area contributed by atoms with Crippen molar-refractivity contribution in [2.75, 3.05) is 0 Å². The van der Waals surface area contributed by atoms with Crippen molar-refractivity contribution in [1.29, 1.82) is 0 Å². The van der Waals surface area contributed by atoms with E-state index >= 15 is 0 Å². The third kappa shape index (κ3) is 2.76. The summed E-state index contributed by atoms with van der Waals surface area (Å²) in [5.74, 6) is 0.436. The average Bonchev–Trinajstić information content (AvgIpc) is 3.04. The fourth-order valence-corrected chi connectivity index (χ4v) is 2.08. The van der Waals surface area contributed by atoms with Crippen LogP contribution in [0.5, 0.6) is 0 Å². The molecular weight excluding hydrogens is 269 g/mol. The molecule has 0 bridgehead atoms. The van der Waals surface area contributed by atoms with Gasteiger partial charge in [0.25, 0.3) is 0 Å². The van der Waals surface area contributed by atoms with Crippen LogP contribution in [-0.4, -0.2) is 14.9 Å². The molecule has 4 nitrogen and oxygen atoms in total. The zero-order valence-corrected chi connectivity index (χ0v) is 11.7. The number of nitrogens with zero attached hydrogens (tertiary/aromatic N) is 3. The maximum Gasteiger partial charge on any atom is 0.141 e. The molecular formula is C16H14FN3O. The number of hydrogen-bond donors (Lipinski definition) is 0.